The summed E-state index contributed by atoms with van der Waals surface area (Å²) in [5.74, 6) is -0.170. The van der Waals surface area contributed by atoms with Crippen LogP contribution < -0.4 is 5.32 Å². The molecule has 21 heavy (non-hydrogen) atoms. The van der Waals surface area contributed by atoms with Crippen LogP contribution in [0.1, 0.15) is 24.8 Å². The second kappa shape index (κ2) is 7.22. The van der Waals surface area contributed by atoms with Gasteiger partial charge in [0.05, 0.1) is 5.60 Å². The quantitative estimate of drug-likeness (QED) is 0.876. The first kappa shape index (κ1) is 16.2. The lowest BCUT2D eigenvalue weighted by molar-refractivity contribution is -0.122. The molecule has 0 saturated carbocycles. The molecule has 0 spiro atoms. The molecule has 1 heterocycles. The summed E-state index contributed by atoms with van der Waals surface area (Å²) in [6.07, 6.45) is 1.90. The number of rotatable bonds is 5. The molecule has 0 aliphatic carbocycles. The Morgan fingerprint density at radius 1 is 1.29 bits per heavy atom. The normalized spacial score (nSPS) is 17.5. The van der Waals surface area contributed by atoms with Gasteiger partial charge in [-0.25, -0.2) is 8.78 Å². The molecule has 116 valence electrons. The van der Waals surface area contributed by atoms with Crippen molar-refractivity contribution in [2.45, 2.75) is 31.3 Å². The molecule has 1 aliphatic rings. The van der Waals surface area contributed by atoms with Crippen molar-refractivity contribution < 1.29 is 18.7 Å². The number of benzene rings is 1. The Morgan fingerprint density at radius 2 is 2.00 bits per heavy atom. The van der Waals surface area contributed by atoms with E-state index in [2.05, 4.69) is 5.32 Å². The Kier molecular flexibility index (Phi) is 5.58. The first-order chi connectivity index (χ1) is 9.98. The van der Waals surface area contributed by atoms with Crippen molar-refractivity contribution in [3.63, 3.8) is 0 Å². The van der Waals surface area contributed by atoms with E-state index in [4.69, 9.17) is 0 Å². The first-order valence-corrected chi connectivity index (χ1v) is 8.15. The first-order valence-electron chi connectivity index (χ1n) is 6.99. The summed E-state index contributed by atoms with van der Waals surface area (Å²) >= 11 is 1.80. The van der Waals surface area contributed by atoms with Gasteiger partial charge in [-0.3, -0.25) is 4.79 Å². The number of amides is 1. The predicted molar refractivity (Wildman–Crippen MR) is 79.2 cm³/mol. The van der Waals surface area contributed by atoms with Gasteiger partial charge in [0, 0.05) is 13.0 Å². The molecule has 1 aromatic carbocycles. The summed E-state index contributed by atoms with van der Waals surface area (Å²) in [6, 6.07) is 3.64. The second-order valence-corrected chi connectivity index (χ2v) is 6.59. The van der Waals surface area contributed by atoms with Crippen LogP contribution in [-0.4, -0.2) is 34.7 Å². The largest absolute Gasteiger partial charge is 0.388 e. The van der Waals surface area contributed by atoms with E-state index in [1.165, 1.54) is 6.07 Å². The molecule has 0 aromatic heterocycles. The molecule has 2 N–H and O–H groups in total. The number of nitrogens with one attached hydrogen (secondary N) is 1. The summed E-state index contributed by atoms with van der Waals surface area (Å²) < 4.78 is 25.8. The Morgan fingerprint density at radius 3 is 2.67 bits per heavy atom. The molecule has 1 saturated heterocycles. The fourth-order valence-corrected chi connectivity index (χ4v) is 3.49. The Labute approximate surface area is 127 Å². The van der Waals surface area contributed by atoms with Gasteiger partial charge in [0.2, 0.25) is 5.91 Å². The Balaban J connectivity index is 1.75. The van der Waals surface area contributed by atoms with Crippen LogP contribution in [0.5, 0.6) is 0 Å². The highest BCUT2D eigenvalue weighted by Crippen LogP contribution is 2.26. The van der Waals surface area contributed by atoms with Gasteiger partial charge in [-0.15, -0.1) is 0 Å². The van der Waals surface area contributed by atoms with E-state index in [-0.39, 0.29) is 18.9 Å². The number of aliphatic hydroxyl groups is 1. The summed E-state index contributed by atoms with van der Waals surface area (Å²) in [5, 5.41) is 13.0. The molecule has 0 radical (unpaired) electrons. The average Bonchev–Trinajstić information content (AvgIpc) is 2.47. The number of carbonyl (C=O) groups excluding carboxylic acids is 1. The molecule has 6 heteroatoms. The van der Waals surface area contributed by atoms with Crippen molar-refractivity contribution in [3.8, 4) is 0 Å². The zero-order valence-corrected chi connectivity index (χ0v) is 12.5. The number of aryl methyl sites for hydroxylation is 1. The van der Waals surface area contributed by atoms with Crippen LogP contribution in [0.25, 0.3) is 0 Å². The molecule has 3 nitrogen and oxygen atoms in total. The number of thioether (sulfide) groups is 1. The molecule has 1 amide bonds. The summed E-state index contributed by atoms with van der Waals surface area (Å²) in [5.41, 5.74) is -0.222. The van der Waals surface area contributed by atoms with Gasteiger partial charge >= 0.3 is 0 Å². The zero-order chi connectivity index (χ0) is 15.3. The van der Waals surface area contributed by atoms with E-state index < -0.39 is 17.2 Å². The number of carbonyl (C=O) groups is 1. The number of hydrogen-bond donors (Lipinski definition) is 2. The van der Waals surface area contributed by atoms with E-state index in [9.17, 15) is 18.7 Å². The monoisotopic (exact) mass is 315 g/mol. The third-order valence-corrected chi connectivity index (χ3v) is 4.65. The summed E-state index contributed by atoms with van der Waals surface area (Å²) in [7, 11) is 0. The minimum Gasteiger partial charge on any atom is -0.388 e. The molecule has 1 aliphatic heterocycles. The zero-order valence-electron chi connectivity index (χ0n) is 11.7. The third-order valence-electron chi connectivity index (χ3n) is 3.66. The maximum Gasteiger partial charge on any atom is 0.220 e. The lowest BCUT2D eigenvalue weighted by Crippen LogP contribution is -2.45. The molecular formula is C15H19F2NO2S. The van der Waals surface area contributed by atoms with E-state index in [1.807, 2.05) is 0 Å². The average molecular weight is 315 g/mol. The molecule has 1 aromatic rings. The van der Waals surface area contributed by atoms with Crippen molar-refractivity contribution in [2.24, 2.45) is 0 Å². The van der Waals surface area contributed by atoms with Crippen molar-refractivity contribution in [1.82, 2.24) is 5.32 Å². The fraction of sp³-hybridized carbons (Fsp3) is 0.533. The highest BCUT2D eigenvalue weighted by Gasteiger charge is 2.29. The topological polar surface area (TPSA) is 49.3 Å². The summed E-state index contributed by atoms with van der Waals surface area (Å²) in [6.45, 7) is 0.254. The van der Waals surface area contributed by atoms with Gasteiger partial charge in [0.1, 0.15) is 0 Å². The van der Waals surface area contributed by atoms with Crippen molar-refractivity contribution in [3.05, 3.63) is 35.4 Å². The van der Waals surface area contributed by atoms with Crippen LogP contribution in [-0.2, 0) is 11.2 Å². The molecule has 0 bridgehead atoms. The Hall–Kier alpha value is -1.14. The van der Waals surface area contributed by atoms with Crippen LogP contribution in [0.15, 0.2) is 18.2 Å². The second-order valence-electron chi connectivity index (χ2n) is 5.36. The highest BCUT2D eigenvalue weighted by atomic mass is 32.2. The minimum atomic E-state index is -0.901. The van der Waals surface area contributed by atoms with Crippen LogP contribution >= 0.6 is 11.8 Å². The van der Waals surface area contributed by atoms with Crippen LogP contribution in [0.3, 0.4) is 0 Å². The predicted octanol–water partition coefficient (Wildman–Crippen LogP) is 2.27. The van der Waals surface area contributed by atoms with Crippen molar-refractivity contribution in [1.29, 1.82) is 0 Å². The maximum atomic E-state index is 13.0. The van der Waals surface area contributed by atoms with Gasteiger partial charge in [0.25, 0.3) is 0 Å². The maximum absolute atomic E-state index is 13.0. The Bertz CT molecular complexity index is 504. The lowest BCUT2D eigenvalue weighted by Gasteiger charge is -2.31. The molecule has 1 fully saturated rings. The van der Waals surface area contributed by atoms with Gasteiger partial charge in [0.15, 0.2) is 11.6 Å². The fourth-order valence-electron chi connectivity index (χ4n) is 2.23. The molecule has 2 rings (SSSR count). The van der Waals surface area contributed by atoms with Crippen LogP contribution in [0.4, 0.5) is 8.78 Å². The van der Waals surface area contributed by atoms with Gasteiger partial charge in [-0.1, -0.05) is 6.07 Å². The highest BCUT2D eigenvalue weighted by molar-refractivity contribution is 7.99. The lowest BCUT2D eigenvalue weighted by atomic mass is 9.97. The molecule has 0 atom stereocenters. The van der Waals surface area contributed by atoms with E-state index in [0.29, 0.717) is 24.8 Å². The summed E-state index contributed by atoms with van der Waals surface area (Å²) in [4.78, 5) is 11.8. The number of hydrogen-bond acceptors (Lipinski definition) is 3. The van der Waals surface area contributed by atoms with Crippen molar-refractivity contribution in [2.75, 3.05) is 18.1 Å². The van der Waals surface area contributed by atoms with E-state index in [0.717, 1.165) is 23.6 Å². The smallest absolute Gasteiger partial charge is 0.220 e. The van der Waals surface area contributed by atoms with Gasteiger partial charge < -0.3 is 10.4 Å². The third kappa shape index (κ3) is 4.97. The SMILES string of the molecule is O=C(CCc1ccc(F)c(F)c1)NCC1(O)CCSCC1. The van der Waals surface area contributed by atoms with Gasteiger partial charge in [-0.2, -0.15) is 11.8 Å². The van der Waals surface area contributed by atoms with E-state index in [1.54, 1.807) is 11.8 Å². The molecular weight excluding hydrogens is 296 g/mol. The standard InChI is InChI=1S/C15H19F2NO2S/c16-12-3-1-11(9-13(12)17)2-4-14(19)18-10-15(20)5-7-21-8-6-15/h1,3,9,20H,2,4-8,10H2,(H,18,19). The minimum absolute atomic E-state index is 0.189. The van der Waals surface area contributed by atoms with Crippen LogP contribution in [0.2, 0.25) is 0 Å². The number of halogens is 2. The van der Waals surface area contributed by atoms with Crippen LogP contribution in [0, 0.1) is 11.6 Å². The molecule has 0 unspecified atom stereocenters. The van der Waals surface area contributed by atoms with Crippen molar-refractivity contribution >= 4 is 17.7 Å². The van der Waals surface area contributed by atoms with E-state index >= 15 is 0 Å². The van der Waals surface area contributed by atoms with Gasteiger partial charge in [-0.05, 0) is 48.5 Å².